The van der Waals surface area contributed by atoms with Gasteiger partial charge in [0.1, 0.15) is 0 Å². The summed E-state index contributed by atoms with van der Waals surface area (Å²) in [5.41, 5.74) is 4.29. The van der Waals surface area contributed by atoms with Crippen molar-refractivity contribution in [3.05, 3.63) is 23.8 Å². The highest BCUT2D eigenvalue weighted by molar-refractivity contribution is 5.99. The molecule has 5 heteroatoms. The van der Waals surface area contributed by atoms with Gasteiger partial charge in [-0.25, -0.2) is 5.43 Å². The molecule has 23 heavy (non-hydrogen) atoms. The van der Waals surface area contributed by atoms with Crippen LogP contribution in [0.1, 0.15) is 64.4 Å². The van der Waals surface area contributed by atoms with Crippen LogP contribution in [0.4, 0.5) is 0 Å². The maximum atomic E-state index is 11.8. The fourth-order valence-corrected chi connectivity index (χ4v) is 2.45. The normalized spacial score (nSPS) is 13.2. The van der Waals surface area contributed by atoms with E-state index in [-0.39, 0.29) is 12.7 Å². The first-order valence-electron chi connectivity index (χ1n) is 8.44. The van der Waals surface area contributed by atoms with Crippen LogP contribution in [0.3, 0.4) is 0 Å². The first-order chi connectivity index (χ1) is 11.2. The second kappa shape index (κ2) is 9.18. The number of fused-ring (bicyclic) bond motifs is 1. The summed E-state index contributed by atoms with van der Waals surface area (Å²) in [6.07, 6.45) is 7.57. The Morgan fingerprint density at radius 1 is 1.13 bits per heavy atom. The highest BCUT2D eigenvalue weighted by Crippen LogP contribution is 2.32. The quantitative estimate of drug-likeness (QED) is 0.425. The van der Waals surface area contributed by atoms with E-state index in [2.05, 4.69) is 17.5 Å². The van der Waals surface area contributed by atoms with Crippen molar-refractivity contribution in [1.29, 1.82) is 0 Å². The molecular weight excluding hydrogens is 292 g/mol. The highest BCUT2D eigenvalue weighted by atomic mass is 16.7. The Balaban J connectivity index is 1.72. The van der Waals surface area contributed by atoms with Crippen LogP contribution in [0, 0.1) is 0 Å². The monoisotopic (exact) mass is 318 g/mol. The molecule has 0 saturated carbocycles. The third kappa shape index (κ3) is 5.58. The highest BCUT2D eigenvalue weighted by Gasteiger charge is 2.14. The zero-order valence-corrected chi connectivity index (χ0v) is 14.1. The van der Waals surface area contributed by atoms with Gasteiger partial charge in [-0.1, -0.05) is 39.0 Å². The van der Waals surface area contributed by atoms with Gasteiger partial charge in [0.25, 0.3) is 0 Å². The number of carbonyl (C=O) groups is 1. The number of amides is 1. The lowest BCUT2D eigenvalue weighted by atomic mass is 10.1. The Labute approximate surface area is 138 Å². The predicted molar refractivity (Wildman–Crippen MR) is 90.9 cm³/mol. The van der Waals surface area contributed by atoms with Gasteiger partial charge in [0.05, 0.1) is 5.71 Å². The van der Waals surface area contributed by atoms with Gasteiger partial charge in [0.2, 0.25) is 12.7 Å². The molecule has 0 aromatic heterocycles. The number of hydrazone groups is 1. The Morgan fingerprint density at radius 3 is 2.70 bits per heavy atom. The molecule has 1 aromatic rings. The Hall–Kier alpha value is -2.04. The molecule has 1 aliphatic heterocycles. The molecule has 0 bridgehead atoms. The summed E-state index contributed by atoms with van der Waals surface area (Å²) in [5.74, 6) is 1.43. The number of hydrogen-bond donors (Lipinski definition) is 1. The van der Waals surface area contributed by atoms with Gasteiger partial charge in [0.15, 0.2) is 11.5 Å². The number of unbranched alkanes of at least 4 members (excludes halogenated alkanes) is 5. The molecule has 1 N–H and O–H groups in total. The molecule has 126 valence electrons. The molecule has 1 amide bonds. The van der Waals surface area contributed by atoms with Crippen molar-refractivity contribution < 1.29 is 14.3 Å². The van der Waals surface area contributed by atoms with Crippen molar-refractivity contribution in [3.8, 4) is 11.5 Å². The van der Waals surface area contributed by atoms with E-state index in [9.17, 15) is 4.79 Å². The lowest BCUT2D eigenvalue weighted by molar-refractivity contribution is -0.121. The summed E-state index contributed by atoms with van der Waals surface area (Å²) in [6.45, 7) is 4.32. The molecular formula is C18H26N2O3. The van der Waals surface area contributed by atoms with Crippen LogP contribution in [0.25, 0.3) is 0 Å². The smallest absolute Gasteiger partial charge is 0.240 e. The lowest BCUT2D eigenvalue weighted by Gasteiger charge is -2.04. The van der Waals surface area contributed by atoms with Crippen LogP contribution in [0.15, 0.2) is 23.3 Å². The van der Waals surface area contributed by atoms with E-state index in [4.69, 9.17) is 9.47 Å². The summed E-state index contributed by atoms with van der Waals surface area (Å²) in [6, 6.07) is 5.64. The molecule has 0 saturated heterocycles. The molecule has 5 nitrogen and oxygen atoms in total. The van der Waals surface area contributed by atoms with Gasteiger partial charge < -0.3 is 9.47 Å². The molecule has 0 unspecified atom stereocenters. The van der Waals surface area contributed by atoms with Crippen molar-refractivity contribution in [2.75, 3.05) is 6.79 Å². The van der Waals surface area contributed by atoms with E-state index in [0.717, 1.165) is 35.6 Å². The first-order valence-corrected chi connectivity index (χ1v) is 8.44. The summed E-state index contributed by atoms with van der Waals surface area (Å²) in [5, 5.41) is 4.17. The van der Waals surface area contributed by atoms with Crippen LogP contribution < -0.4 is 14.9 Å². The van der Waals surface area contributed by atoms with E-state index >= 15 is 0 Å². The van der Waals surface area contributed by atoms with Gasteiger partial charge in [-0.15, -0.1) is 0 Å². The van der Waals surface area contributed by atoms with Gasteiger partial charge in [0, 0.05) is 12.0 Å². The SMILES string of the molecule is CCCCCCCCC(=O)NN=C(C)c1ccc2c(c1)OCO2. The van der Waals surface area contributed by atoms with Crippen molar-refractivity contribution in [1.82, 2.24) is 5.43 Å². The first kappa shape index (κ1) is 17.3. The van der Waals surface area contributed by atoms with Gasteiger partial charge in [-0.05, 0) is 31.5 Å². The predicted octanol–water partition coefficient (Wildman–Crippen LogP) is 4.01. The Bertz CT molecular complexity index is 555. The second-order valence-electron chi connectivity index (χ2n) is 5.82. The minimum atomic E-state index is -0.0272. The van der Waals surface area contributed by atoms with Crippen molar-refractivity contribution in [2.45, 2.75) is 58.8 Å². The Morgan fingerprint density at radius 2 is 1.87 bits per heavy atom. The van der Waals surface area contributed by atoms with E-state index < -0.39 is 0 Å². The molecule has 0 radical (unpaired) electrons. The topological polar surface area (TPSA) is 59.9 Å². The molecule has 0 spiro atoms. The molecule has 0 fully saturated rings. The van der Waals surface area contributed by atoms with E-state index in [1.165, 1.54) is 25.7 Å². The van der Waals surface area contributed by atoms with Gasteiger partial charge in [-0.2, -0.15) is 5.10 Å². The minimum absolute atomic E-state index is 0.0272. The standard InChI is InChI=1S/C18H26N2O3/c1-3-4-5-6-7-8-9-18(21)20-19-14(2)15-10-11-16-17(12-15)23-13-22-16/h10-12H,3-9,13H2,1-2H3,(H,20,21). The summed E-state index contributed by atoms with van der Waals surface area (Å²) >= 11 is 0. The third-order valence-electron chi connectivity index (χ3n) is 3.90. The summed E-state index contributed by atoms with van der Waals surface area (Å²) in [4.78, 5) is 11.8. The zero-order valence-electron chi connectivity index (χ0n) is 14.1. The summed E-state index contributed by atoms with van der Waals surface area (Å²) in [7, 11) is 0. The Kier molecular flexibility index (Phi) is 6.91. The molecule has 0 atom stereocenters. The summed E-state index contributed by atoms with van der Waals surface area (Å²) < 4.78 is 10.6. The zero-order chi connectivity index (χ0) is 16.5. The number of hydrogen-bond acceptors (Lipinski definition) is 4. The van der Waals surface area contributed by atoms with Crippen LogP contribution in [0.5, 0.6) is 11.5 Å². The maximum Gasteiger partial charge on any atom is 0.240 e. The second-order valence-corrected chi connectivity index (χ2v) is 5.82. The average molecular weight is 318 g/mol. The largest absolute Gasteiger partial charge is 0.454 e. The number of ether oxygens (including phenoxy) is 2. The van der Waals surface area contributed by atoms with Crippen molar-refractivity contribution >= 4 is 11.6 Å². The molecule has 1 aliphatic rings. The maximum absolute atomic E-state index is 11.8. The van der Waals surface area contributed by atoms with Crippen molar-refractivity contribution in [3.63, 3.8) is 0 Å². The van der Waals surface area contributed by atoms with E-state index in [1.54, 1.807) is 0 Å². The third-order valence-corrected chi connectivity index (χ3v) is 3.90. The van der Waals surface area contributed by atoms with Crippen molar-refractivity contribution in [2.24, 2.45) is 5.10 Å². The number of benzene rings is 1. The fourth-order valence-electron chi connectivity index (χ4n) is 2.45. The molecule has 0 aliphatic carbocycles. The molecule has 1 aromatic carbocycles. The van der Waals surface area contributed by atoms with Crippen LogP contribution in [0.2, 0.25) is 0 Å². The molecule has 1 heterocycles. The van der Waals surface area contributed by atoms with E-state index in [1.807, 2.05) is 25.1 Å². The number of nitrogens with one attached hydrogen (secondary N) is 1. The van der Waals surface area contributed by atoms with Gasteiger partial charge >= 0.3 is 0 Å². The number of nitrogens with zero attached hydrogens (tertiary/aromatic N) is 1. The fraction of sp³-hybridized carbons (Fsp3) is 0.556. The number of rotatable bonds is 9. The lowest BCUT2D eigenvalue weighted by Crippen LogP contribution is -2.18. The number of carbonyl (C=O) groups excluding carboxylic acids is 1. The molecule has 2 rings (SSSR count). The average Bonchev–Trinajstić information content (AvgIpc) is 3.03. The van der Waals surface area contributed by atoms with E-state index in [0.29, 0.717) is 6.42 Å². The van der Waals surface area contributed by atoms with Crippen LogP contribution in [-0.2, 0) is 4.79 Å². The van der Waals surface area contributed by atoms with Crippen LogP contribution in [-0.4, -0.2) is 18.4 Å². The van der Waals surface area contributed by atoms with Gasteiger partial charge in [-0.3, -0.25) is 4.79 Å². The minimum Gasteiger partial charge on any atom is -0.454 e. The van der Waals surface area contributed by atoms with Crippen LogP contribution >= 0.6 is 0 Å².